The van der Waals surface area contributed by atoms with Gasteiger partial charge in [0, 0.05) is 5.69 Å². The molecule has 0 aliphatic carbocycles. The topological polar surface area (TPSA) is 47.6 Å². The third-order valence-electron chi connectivity index (χ3n) is 3.73. The van der Waals surface area contributed by atoms with E-state index in [1.807, 2.05) is 39.0 Å². The molecule has 0 radical (unpaired) electrons. The molecular formula is C18H19NO3. The highest BCUT2D eigenvalue weighted by Crippen LogP contribution is 2.31. The fourth-order valence-corrected chi connectivity index (χ4v) is 2.73. The van der Waals surface area contributed by atoms with Crippen LogP contribution in [0.15, 0.2) is 36.4 Å². The number of nitrogens with one attached hydrogen (secondary N) is 1. The lowest BCUT2D eigenvalue weighted by molar-refractivity contribution is -0.125. The number of hydrogen-bond acceptors (Lipinski definition) is 3. The molecule has 2 aromatic carbocycles. The Bertz CT molecular complexity index is 701. The summed E-state index contributed by atoms with van der Waals surface area (Å²) in [5.74, 6) is 1.09. The minimum absolute atomic E-state index is 0.190. The van der Waals surface area contributed by atoms with E-state index in [-0.39, 0.29) is 12.5 Å². The first-order valence-electron chi connectivity index (χ1n) is 7.32. The average Bonchev–Trinajstić information content (AvgIpc) is 2.50. The van der Waals surface area contributed by atoms with Crippen molar-refractivity contribution >= 4 is 11.6 Å². The Balaban J connectivity index is 1.77. The highest BCUT2D eigenvalue weighted by atomic mass is 16.6. The largest absolute Gasteiger partial charge is 0.485 e. The number of para-hydroxylation sites is 2. The van der Waals surface area contributed by atoms with Crippen molar-refractivity contribution in [1.29, 1.82) is 0 Å². The van der Waals surface area contributed by atoms with Gasteiger partial charge in [0.15, 0.2) is 11.5 Å². The van der Waals surface area contributed by atoms with Crippen LogP contribution in [0.5, 0.6) is 11.5 Å². The van der Waals surface area contributed by atoms with Gasteiger partial charge in [-0.2, -0.15) is 0 Å². The maximum Gasteiger partial charge on any atom is 0.269 e. The quantitative estimate of drug-likeness (QED) is 0.924. The highest BCUT2D eigenvalue weighted by Gasteiger charge is 2.27. The summed E-state index contributed by atoms with van der Waals surface area (Å²) >= 11 is 0. The normalized spacial score (nSPS) is 16.2. The first kappa shape index (κ1) is 14.4. The Kier molecular flexibility index (Phi) is 3.75. The van der Waals surface area contributed by atoms with Gasteiger partial charge in [0.1, 0.15) is 6.61 Å². The average molecular weight is 297 g/mol. The molecule has 22 heavy (non-hydrogen) atoms. The monoisotopic (exact) mass is 297 g/mol. The number of ether oxygens (including phenoxy) is 2. The second-order valence-electron chi connectivity index (χ2n) is 5.63. The molecule has 0 unspecified atom stereocenters. The van der Waals surface area contributed by atoms with Gasteiger partial charge < -0.3 is 14.8 Å². The summed E-state index contributed by atoms with van der Waals surface area (Å²) in [6, 6.07) is 11.5. The van der Waals surface area contributed by atoms with Gasteiger partial charge in [-0.3, -0.25) is 4.79 Å². The predicted molar refractivity (Wildman–Crippen MR) is 85.6 cm³/mol. The first-order valence-corrected chi connectivity index (χ1v) is 7.32. The van der Waals surface area contributed by atoms with Crippen LogP contribution in [0.25, 0.3) is 0 Å². The van der Waals surface area contributed by atoms with Crippen molar-refractivity contribution in [1.82, 2.24) is 0 Å². The number of aryl methyl sites for hydroxylation is 3. The second kappa shape index (κ2) is 5.72. The SMILES string of the molecule is Cc1cc(C)c(NC(=O)[C@H]2COc3ccccc3O2)c(C)c1. The summed E-state index contributed by atoms with van der Waals surface area (Å²) < 4.78 is 11.3. The summed E-state index contributed by atoms with van der Waals surface area (Å²) in [6.07, 6.45) is -0.644. The van der Waals surface area contributed by atoms with E-state index < -0.39 is 6.10 Å². The van der Waals surface area contributed by atoms with Crippen molar-refractivity contribution < 1.29 is 14.3 Å². The Hall–Kier alpha value is -2.49. The number of rotatable bonds is 2. The molecule has 2 aromatic rings. The molecule has 0 spiro atoms. The Morgan fingerprint density at radius 1 is 1.09 bits per heavy atom. The maximum absolute atomic E-state index is 12.5. The highest BCUT2D eigenvalue weighted by molar-refractivity contribution is 5.96. The van der Waals surface area contributed by atoms with E-state index in [2.05, 4.69) is 17.4 Å². The van der Waals surface area contributed by atoms with Crippen molar-refractivity contribution in [3.05, 3.63) is 53.1 Å². The van der Waals surface area contributed by atoms with Gasteiger partial charge in [0.25, 0.3) is 5.91 Å². The molecule has 4 heteroatoms. The van der Waals surface area contributed by atoms with E-state index in [1.165, 1.54) is 5.56 Å². The van der Waals surface area contributed by atoms with E-state index in [9.17, 15) is 4.79 Å². The van der Waals surface area contributed by atoms with Crippen molar-refractivity contribution in [2.75, 3.05) is 11.9 Å². The summed E-state index contributed by atoms with van der Waals surface area (Å²) in [6.45, 7) is 6.24. The molecule has 0 bridgehead atoms. The summed E-state index contributed by atoms with van der Waals surface area (Å²) in [5.41, 5.74) is 4.11. The van der Waals surface area contributed by atoms with Crippen LogP contribution in [0.4, 0.5) is 5.69 Å². The van der Waals surface area contributed by atoms with E-state index in [0.717, 1.165) is 16.8 Å². The van der Waals surface area contributed by atoms with Crippen molar-refractivity contribution in [3.8, 4) is 11.5 Å². The van der Waals surface area contributed by atoms with Crippen LogP contribution in [0.3, 0.4) is 0 Å². The smallest absolute Gasteiger partial charge is 0.269 e. The van der Waals surface area contributed by atoms with E-state index in [4.69, 9.17) is 9.47 Å². The molecule has 3 rings (SSSR count). The molecule has 1 atom stereocenters. The van der Waals surface area contributed by atoms with Crippen LogP contribution in [0.1, 0.15) is 16.7 Å². The standard InChI is InChI=1S/C18H19NO3/c1-11-8-12(2)17(13(3)9-11)19-18(20)16-10-21-14-6-4-5-7-15(14)22-16/h4-9,16H,10H2,1-3H3,(H,19,20)/t16-/m1/s1. The van der Waals surface area contributed by atoms with Crippen LogP contribution in [-0.2, 0) is 4.79 Å². The Morgan fingerprint density at radius 3 is 2.41 bits per heavy atom. The number of carbonyl (C=O) groups is 1. The van der Waals surface area contributed by atoms with Crippen molar-refractivity contribution in [3.63, 3.8) is 0 Å². The molecule has 0 fully saturated rings. The molecule has 1 amide bonds. The zero-order valence-electron chi connectivity index (χ0n) is 13.0. The zero-order chi connectivity index (χ0) is 15.7. The predicted octanol–water partition coefficient (Wildman–Crippen LogP) is 3.39. The van der Waals surface area contributed by atoms with Crippen LogP contribution in [0.2, 0.25) is 0 Å². The molecule has 114 valence electrons. The minimum Gasteiger partial charge on any atom is -0.485 e. The van der Waals surface area contributed by atoms with Crippen LogP contribution < -0.4 is 14.8 Å². The molecule has 1 aliphatic heterocycles. The van der Waals surface area contributed by atoms with Crippen molar-refractivity contribution in [2.24, 2.45) is 0 Å². The number of benzene rings is 2. The van der Waals surface area contributed by atoms with Gasteiger partial charge >= 0.3 is 0 Å². The lowest BCUT2D eigenvalue weighted by Gasteiger charge is -2.26. The van der Waals surface area contributed by atoms with Gasteiger partial charge in [-0.05, 0) is 44.0 Å². The first-order chi connectivity index (χ1) is 10.5. The lowest BCUT2D eigenvalue weighted by atomic mass is 10.0. The third kappa shape index (κ3) is 2.77. The van der Waals surface area contributed by atoms with Gasteiger partial charge in [0.05, 0.1) is 0 Å². The fraction of sp³-hybridized carbons (Fsp3) is 0.278. The summed E-state index contributed by atoms with van der Waals surface area (Å²) in [5, 5.41) is 2.96. The number of hydrogen-bond donors (Lipinski definition) is 1. The third-order valence-corrected chi connectivity index (χ3v) is 3.73. The number of carbonyl (C=O) groups excluding carboxylic acids is 1. The molecule has 1 N–H and O–H groups in total. The maximum atomic E-state index is 12.5. The molecular weight excluding hydrogens is 278 g/mol. The fourth-order valence-electron chi connectivity index (χ4n) is 2.73. The number of amides is 1. The molecule has 1 aliphatic rings. The Morgan fingerprint density at radius 2 is 1.73 bits per heavy atom. The van der Waals surface area contributed by atoms with Gasteiger partial charge in [-0.15, -0.1) is 0 Å². The molecule has 1 heterocycles. The zero-order valence-corrected chi connectivity index (χ0v) is 13.0. The van der Waals surface area contributed by atoms with E-state index in [0.29, 0.717) is 11.5 Å². The van der Waals surface area contributed by atoms with Gasteiger partial charge in [-0.25, -0.2) is 0 Å². The van der Waals surface area contributed by atoms with Crippen LogP contribution in [-0.4, -0.2) is 18.6 Å². The number of anilines is 1. The van der Waals surface area contributed by atoms with Crippen molar-refractivity contribution in [2.45, 2.75) is 26.9 Å². The minimum atomic E-state index is -0.644. The molecule has 4 nitrogen and oxygen atoms in total. The molecule has 0 aromatic heterocycles. The van der Waals surface area contributed by atoms with Gasteiger partial charge in [-0.1, -0.05) is 29.8 Å². The van der Waals surface area contributed by atoms with Gasteiger partial charge in [0.2, 0.25) is 6.10 Å². The van der Waals surface area contributed by atoms with E-state index >= 15 is 0 Å². The van der Waals surface area contributed by atoms with E-state index in [1.54, 1.807) is 6.07 Å². The molecule has 0 saturated heterocycles. The second-order valence-corrected chi connectivity index (χ2v) is 5.63. The number of fused-ring (bicyclic) bond motifs is 1. The molecule has 0 saturated carbocycles. The lowest BCUT2D eigenvalue weighted by Crippen LogP contribution is -2.40. The summed E-state index contributed by atoms with van der Waals surface area (Å²) in [4.78, 5) is 12.5. The summed E-state index contributed by atoms with van der Waals surface area (Å²) in [7, 11) is 0. The van der Waals surface area contributed by atoms with Crippen LogP contribution >= 0.6 is 0 Å². The van der Waals surface area contributed by atoms with Crippen LogP contribution in [0, 0.1) is 20.8 Å². The Labute approximate surface area is 130 Å².